The lowest BCUT2D eigenvalue weighted by molar-refractivity contribution is 0.388. The van der Waals surface area contributed by atoms with Crippen LogP contribution in [-0.4, -0.2) is 20.2 Å². The Kier molecular flexibility index (Phi) is 2.03. The highest BCUT2D eigenvalue weighted by Crippen LogP contribution is 2.26. The summed E-state index contributed by atoms with van der Waals surface area (Å²) in [4.78, 5) is 16.5. The maximum Gasteiger partial charge on any atom is 0.313 e. The van der Waals surface area contributed by atoms with Crippen molar-refractivity contribution in [3.63, 3.8) is 0 Å². The van der Waals surface area contributed by atoms with Crippen LogP contribution in [0.5, 0.6) is 11.8 Å². The zero-order valence-electron chi connectivity index (χ0n) is 7.75. The molecule has 0 aromatic carbocycles. The van der Waals surface area contributed by atoms with Crippen LogP contribution >= 0.6 is 0 Å². The Balaban J connectivity index is 3.41. The van der Waals surface area contributed by atoms with Crippen LogP contribution < -0.4 is 5.56 Å². The standard InChI is InChI=1S/C8H12N2O3/c1-8(2,3)4-5(11)10-7(13)6(12)9-4/h1-3H3,(H,9,12)(H2,10,11,13). The average molecular weight is 184 g/mol. The molecule has 1 aromatic rings. The van der Waals surface area contributed by atoms with Crippen LogP contribution in [0.4, 0.5) is 0 Å². The van der Waals surface area contributed by atoms with E-state index in [-0.39, 0.29) is 11.6 Å². The van der Waals surface area contributed by atoms with Gasteiger partial charge in [0.2, 0.25) is 5.88 Å². The Morgan fingerprint density at radius 3 is 2.31 bits per heavy atom. The minimum atomic E-state index is -0.787. The molecular formula is C8H12N2O3. The minimum Gasteiger partial charge on any atom is -0.493 e. The molecule has 0 aliphatic carbocycles. The van der Waals surface area contributed by atoms with Crippen LogP contribution in [0.15, 0.2) is 4.79 Å². The predicted molar refractivity (Wildman–Crippen MR) is 46.9 cm³/mol. The van der Waals surface area contributed by atoms with E-state index in [0.29, 0.717) is 0 Å². The van der Waals surface area contributed by atoms with E-state index in [9.17, 15) is 9.90 Å². The van der Waals surface area contributed by atoms with Gasteiger partial charge in [-0.3, -0.25) is 9.78 Å². The average Bonchev–Trinajstić information content (AvgIpc) is 1.94. The van der Waals surface area contributed by atoms with E-state index in [4.69, 9.17) is 5.11 Å². The molecule has 1 heterocycles. The molecule has 0 saturated heterocycles. The van der Waals surface area contributed by atoms with Crippen molar-refractivity contribution in [2.24, 2.45) is 0 Å². The molecular weight excluding hydrogens is 172 g/mol. The van der Waals surface area contributed by atoms with Crippen molar-refractivity contribution in [2.75, 3.05) is 0 Å². The van der Waals surface area contributed by atoms with Crippen molar-refractivity contribution in [1.29, 1.82) is 0 Å². The summed E-state index contributed by atoms with van der Waals surface area (Å²) >= 11 is 0. The van der Waals surface area contributed by atoms with Crippen molar-refractivity contribution in [1.82, 2.24) is 9.97 Å². The van der Waals surface area contributed by atoms with Crippen molar-refractivity contribution in [3.05, 3.63) is 16.0 Å². The van der Waals surface area contributed by atoms with E-state index in [1.807, 2.05) is 20.8 Å². The summed E-state index contributed by atoms with van der Waals surface area (Å²) in [6.45, 7) is 5.44. The van der Waals surface area contributed by atoms with Gasteiger partial charge < -0.3 is 10.2 Å². The van der Waals surface area contributed by atoms with Crippen LogP contribution in [0.1, 0.15) is 26.5 Å². The molecule has 1 aromatic heterocycles. The summed E-state index contributed by atoms with van der Waals surface area (Å²) in [5.74, 6) is -0.918. The molecule has 0 atom stereocenters. The smallest absolute Gasteiger partial charge is 0.313 e. The summed E-state index contributed by atoms with van der Waals surface area (Å²) in [6.07, 6.45) is 0. The summed E-state index contributed by atoms with van der Waals surface area (Å²) in [5.41, 5.74) is -0.943. The lowest BCUT2D eigenvalue weighted by atomic mass is 9.92. The highest BCUT2D eigenvalue weighted by molar-refractivity contribution is 5.26. The molecule has 0 spiro atoms. The maximum absolute atomic E-state index is 10.8. The highest BCUT2D eigenvalue weighted by atomic mass is 16.3. The van der Waals surface area contributed by atoms with Gasteiger partial charge in [0.25, 0.3) is 5.88 Å². The molecule has 0 amide bonds. The van der Waals surface area contributed by atoms with Crippen molar-refractivity contribution >= 4 is 0 Å². The van der Waals surface area contributed by atoms with Crippen molar-refractivity contribution in [3.8, 4) is 11.8 Å². The number of hydrogen-bond acceptors (Lipinski definition) is 4. The normalized spacial score (nSPS) is 11.6. The van der Waals surface area contributed by atoms with Crippen molar-refractivity contribution < 1.29 is 10.2 Å². The SMILES string of the molecule is CC(C)(C)c1nc(O)c(=O)[nH]c1O. The highest BCUT2D eigenvalue weighted by Gasteiger charge is 2.22. The molecule has 0 aliphatic heterocycles. The van der Waals surface area contributed by atoms with Gasteiger partial charge in [0.05, 0.1) is 0 Å². The fraction of sp³-hybridized carbons (Fsp3) is 0.500. The zero-order chi connectivity index (χ0) is 10.2. The number of aromatic amines is 1. The van der Waals surface area contributed by atoms with Crippen LogP contribution in [0, 0.1) is 0 Å². The van der Waals surface area contributed by atoms with Gasteiger partial charge in [-0.05, 0) is 0 Å². The fourth-order valence-electron chi connectivity index (χ4n) is 0.955. The Morgan fingerprint density at radius 1 is 1.31 bits per heavy atom. The van der Waals surface area contributed by atoms with E-state index in [1.165, 1.54) is 0 Å². The maximum atomic E-state index is 10.8. The summed E-state index contributed by atoms with van der Waals surface area (Å²) < 4.78 is 0. The summed E-state index contributed by atoms with van der Waals surface area (Å²) in [5, 5.41) is 18.3. The van der Waals surface area contributed by atoms with E-state index in [1.54, 1.807) is 0 Å². The number of aromatic nitrogens is 2. The van der Waals surface area contributed by atoms with Gasteiger partial charge in [-0.25, -0.2) is 4.98 Å². The van der Waals surface area contributed by atoms with Crippen LogP contribution in [0.3, 0.4) is 0 Å². The Morgan fingerprint density at radius 2 is 1.85 bits per heavy atom. The first-order valence-electron chi connectivity index (χ1n) is 3.85. The molecule has 0 fully saturated rings. The van der Waals surface area contributed by atoms with Gasteiger partial charge in [-0.2, -0.15) is 0 Å². The van der Waals surface area contributed by atoms with Gasteiger partial charge in [-0.1, -0.05) is 20.8 Å². The lowest BCUT2D eigenvalue weighted by Crippen LogP contribution is -2.18. The number of nitrogens with zero attached hydrogens (tertiary/aromatic N) is 1. The number of hydrogen-bond donors (Lipinski definition) is 3. The van der Waals surface area contributed by atoms with Crippen LogP contribution in [0.2, 0.25) is 0 Å². The third kappa shape index (κ3) is 1.80. The van der Waals surface area contributed by atoms with E-state index in [0.717, 1.165) is 0 Å². The molecule has 0 bridgehead atoms. The topological polar surface area (TPSA) is 86.2 Å². The minimum absolute atomic E-state index is 0.268. The van der Waals surface area contributed by atoms with Gasteiger partial charge in [-0.15, -0.1) is 0 Å². The number of aromatic hydroxyl groups is 2. The second-order valence-corrected chi connectivity index (χ2v) is 3.84. The van der Waals surface area contributed by atoms with E-state index in [2.05, 4.69) is 9.97 Å². The Labute approximate surface area is 75.1 Å². The second-order valence-electron chi connectivity index (χ2n) is 3.84. The van der Waals surface area contributed by atoms with Crippen molar-refractivity contribution in [2.45, 2.75) is 26.2 Å². The van der Waals surface area contributed by atoms with Crippen LogP contribution in [0.25, 0.3) is 0 Å². The van der Waals surface area contributed by atoms with Gasteiger partial charge in [0.15, 0.2) is 0 Å². The summed E-state index contributed by atoms with van der Waals surface area (Å²) in [7, 11) is 0. The molecule has 0 unspecified atom stereocenters. The zero-order valence-corrected chi connectivity index (χ0v) is 7.75. The molecule has 5 nitrogen and oxygen atoms in total. The molecule has 0 radical (unpaired) electrons. The monoisotopic (exact) mass is 184 g/mol. The fourth-order valence-corrected chi connectivity index (χ4v) is 0.955. The quantitative estimate of drug-likeness (QED) is 0.547. The molecule has 0 saturated carbocycles. The third-order valence-electron chi connectivity index (χ3n) is 1.59. The molecule has 72 valence electrons. The second kappa shape index (κ2) is 2.76. The lowest BCUT2D eigenvalue weighted by Gasteiger charge is -2.17. The van der Waals surface area contributed by atoms with Crippen LogP contribution in [-0.2, 0) is 5.41 Å². The Hall–Kier alpha value is -1.52. The molecule has 1 rings (SSSR count). The van der Waals surface area contributed by atoms with Gasteiger partial charge in [0, 0.05) is 5.41 Å². The number of rotatable bonds is 0. The first-order chi connectivity index (χ1) is 5.82. The predicted octanol–water partition coefficient (Wildman–Crippen LogP) is 0.479. The summed E-state index contributed by atoms with van der Waals surface area (Å²) in [6, 6.07) is 0. The molecule has 5 heteroatoms. The Bertz CT molecular complexity index is 376. The first-order valence-corrected chi connectivity index (χ1v) is 3.85. The number of nitrogens with one attached hydrogen (secondary N) is 1. The number of H-pyrrole nitrogens is 1. The largest absolute Gasteiger partial charge is 0.493 e. The molecule has 0 aliphatic rings. The van der Waals surface area contributed by atoms with E-state index >= 15 is 0 Å². The molecule has 13 heavy (non-hydrogen) atoms. The van der Waals surface area contributed by atoms with E-state index < -0.39 is 16.9 Å². The van der Waals surface area contributed by atoms with Gasteiger partial charge in [0.1, 0.15) is 5.69 Å². The first kappa shape index (κ1) is 9.57. The molecule has 3 N–H and O–H groups in total. The third-order valence-corrected chi connectivity index (χ3v) is 1.59. The van der Waals surface area contributed by atoms with Gasteiger partial charge >= 0.3 is 5.56 Å².